The standard InChI is InChI=1S/C21H20N2O5/c1-12-5-6-15(23(25)26)8-18(12)22-21(24)7-13(2)16-9-17-14(3)11-28-20(17)10-19(16)27-4/h5-11H,1-4H3,(H,22,24)/b13-7+. The van der Waals surface area contributed by atoms with Crippen molar-refractivity contribution >= 4 is 33.8 Å². The van der Waals surface area contributed by atoms with E-state index in [9.17, 15) is 14.9 Å². The molecule has 7 nitrogen and oxygen atoms in total. The van der Waals surface area contributed by atoms with Crippen LogP contribution >= 0.6 is 0 Å². The average Bonchev–Trinajstić information content (AvgIpc) is 3.02. The molecule has 0 aliphatic carbocycles. The molecule has 3 aromatic rings. The van der Waals surface area contributed by atoms with E-state index in [0.29, 0.717) is 22.6 Å². The summed E-state index contributed by atoms with van der Waals surface area (Å²) in [6.07, 6.45) is 3.11. The number of allylic oxidation sites excluding steroid dienone is 1. The van der Waals surface area contributed by atoms with Crippen LogP contribution in [-0.2, 0) is 4.79 Å². The van der Waals surface area contributed by atoms with Crippen LogP contribution < -0.4 is 10.1 Å². The van der Waals surface area contributed by atoms with Gasteiger partial charge in [-0.05, 0) is 43.5 Å². The number of amides is 1. The van der Waals surface area contributed by atoms with Crippen molar-refractivity contribution in [2.45, 2.75) is 20.8 Å². The van der Waals surface area contributed by atoms with E-state index in [0.717, 1.165) is 22.1 Å². The Morgan fingerprint density at radius 1 is 1.21 bits per heavy atom. The summed E-state index contributed by atoms with van der Waals surface area (Å²) in [4.78, 5) is 23.0. The molecule has 0 saturated carbocycles. The molecule has 1 amide bonds. The molecule has 0 aliphatic rings. The summed E-state index contributed by atoms with van der Waals surface area (Å²) in [6, 6.07) is 8.06. The van der Waals surface area contributed by atoms with Crippen molar-refractivity contribution in [3.8, 4) is 5.75 Å². The normalized spacial score (nSPS) is 11.5. The minimum absolute atomic E-state index is 0.0795. The van der Waals surface area contributed by atoms with E-state index in [1.54, 1.807) is 39.4 Å². The van der Waals surface area contributed by atoms with Gasteiger partial charge in [0.15, 0.2) is 0 Å². The van der Waals surface area contributed by atoms with Gasteiger partial charge in [0.05, 0.1) is 24.0 Å². The van der Waals surface area contributed by atoms with E-state index in [1.807, 2.05) is 13.0 Å². The number of ether oxygens (including phenoxy) is 1. The van der Waals surface area contributed by atoms with Gasteiger partial charge >= 0.3 is 0 Å². The number of hydrogen-bond donors (Lipinski definition) is 1. The van der Waals surface area contributed by atoms with Gasteiger partial charge in [-0.2, -0.15) is 0 Å². The molecule has 2 aromatic carbocycles. The lowest BCUT2D eigenvalue weighted by molar-refractivity contribution is -0.384. The molecule has 1 heterocycles. The Kier molecular flexibility index (Phi) is 5.17. The molecule has 0 aliphatic heterocycles. The highest BCUT2D eigenvalue weighted by Crippen LogP contribution is 2.33. The van der Waals surface area contributed by atoms with Crippen LogP contribution in [-0.4, -0.2) is 17.9 Å². The molecule has 28 heavy (non-hydrogen) atoms. The molecule has 0 unspecified atom stereocenters. The predicted octanol–water partition coefficient (Wildman–Crippen LogP) is 5.01. The first-order valence-electron chi connectivity index (χ1n) is 8.60. The van der Waals surface area contributed by atoms with Gasteiger partial charge in [-0.3, -0.25) is 14.9 Å². The number of aryl methyl sites for hydroxylation is 2. The Morgan fingerprint density at radius 3 is 2.64 bits per heavy atom. The number of rotatable bonds is 5. The van der Waals surface area contributed by atoms with Crippen LogP contribution in [0.3, 0.4) is 0 Å². The molecule has 0 spiro atoms. The summed E-state index contributed by atoms with van der Waals surface area (Å²) in [6.45, 7) is 5.52. The zero-order valence-corrected chi connectivity index (χ0v) is 16.0. The maximum Gasteiger partial charge on any atom is 0.271 e. The summed E-state index contributed by atoms with van der Waals surface area (Å²) in [5, 5.41) is 14.6. The molecule has 0 fully saturated rings. The number of nitro groups is 1. The van der Waals surface area contributed by atoms with Gasteiger partial charge in [0, 0.05) is 35.2 Å². The fourth-order valence-corrected chi connectivity index (χ4v) is 2.96. The second-order valence-corrected chi connectivity index (χ2v) is 6.54. The SMILES string of the molecule is COc1cc2occ(C)c2cc1/C(C)=C/C(=O)Nc1cc([N+](=O)[O-])ccc1C. The van der Waals surface area contributed by atoms with Crippen molar-refractivity contribution in [3.63, 3.8) is 0 Å². The van der Waals surface area contributed by atoms with Crippen LogP contribution in [0.2, 0.25) is 0 Å². The molecule has 3 rings (SSSR count). The second-order valence-electron chi connectivity index (χ2n) is 6.54. The third-order valence-corrected chi connectivity index (χ3v) is 4.55. The quantitative estimate of drug-likeness (QED) is 0.381. The Balaban J connectivity index is 1.92. The van der Waals surface area contributed by atoms with E-state index in [-0.39, 0.29) is 11.6 Å². The third-order valence-electron chi connectivity index (χ3n) is 4.55. The lowest BCUT2D eigenvalue weighted by Crippen LogP contribution is -2.10. The number of fused-ring (bicyclic) bond motifs is 1. The third kappa shape index (κ3) is 3.73. The first kappa shape index (κ1) is 19.2. The number of nitro benzene ring substituents is 1. The minimum Gasteiger partial charge on any atom is -0.496 e. The van der Waals surface area contributed by atoms with Crippen molar-refractivity contribution in [1.82, 2.24) is 0 Å². The molecule has 0 radical (unpaired) electrons. The lowest BCUT2D eigenvalue weighted by atomic mass is 10.0. The van der Waals surface area contributed by atoms with Gasteiger partial charge in [0.1, 0.15) is 11.3 Å². The fourth-order valence-electron chi connectivity index (χ4n) is 2.96. The number of hydrogen-bond acceptors (Lipinski definition) is 5. The Hall–Kier alpha value is -3.61. The maximum atomic E-state index is 12.5. The molecular weight excluding hydrogens is 360 g/mol. The predicted molar refractivity (Wildman–Crippen MR) is 108 cm³/mol. The van der Waals surface area contributed by atoms with Crippen molar-refractivity contribution in [3.05, 3.63) is 69.5 Å². The van der Waals surface area contributed by atoms with E-state index < -0.39 is 4.92 Å². The number of benzene rings is 2. The van der Waals surface area contributed by atoms with Gasteiger partial charge in [-0.15, -0.1) is 0 Å². The summed E-state index contributed by atoms with van der Waals surface area (Å²) in [5.74, 6) is 0.210. The molecule has 144 valence electrons. The van der Waals surface area contributed by atoms with Gasteiger partial charge in [0.25, 0.3) is 5.69 Å². The molecule has 1 N–H and O–H groups in total. The highest BCUT2D eigenvalue weighted by Gasteiger charge is 2.14. The zero-order chi connectivity index (χ0) is 20.4. The van der Waals surface area contributed by atoms with Crippen molar-refractivity contribution in [2.75, 3.05) is 12.4 Å². The van der Waals surface area contributed by atoms with Crippen molar-refractivity contribution < 1.29 is 18.9 Å². The van der Waals surface area contributed by atoms with Gasteiger partial charge < -0.3 is 14.5 Å². The van der Waals surface area contributed by atoms with Crippen LogP contribution in [0.15, 0.2) is 47.1 Å². The lowest BCUT2D eigenvalue weighted by Gasteiger charge is -2.10. The van der Waals surface area contributed by atoms with Gasteiger partial charge in [0.2, 0.25) is 5.91 Å². The van der Waals surface area contributed by atoms with Crippen LogP contribution in [0, 0.1) is 24.0 Å². The Bertz CT molecular complexity index is 1110. The summed E-state index contributed by atoms with van der Waals surface area (Å²) in [7, 11) is 1.56. The molecule has 7 heteroatoms. The largest absolute Gasteiger partial charge is 0.496 e. The smallest absolute Gasteiger partial charge is 0.271 e. The maximum absolute atomic E-state index is 12.5. The number of non-ortho nitro benzene ring substituents is 1. The molecular formula is C21H20N2O5. The molecule has 0 atom stereocenters. The Labute approximate surface area is 161 Å². The fraction of sp³-hybridized carbons (Fsp3) is 0.190. The highest BCUT2D eigenvalue weighted by atomic mass is 16.6. The number of nitrogens with one attached hydrogen (secondary N) is 1. The minimum atomic E-state index is -0.497. The molecule has 0 saturated heterocycles. The topological polar surface area (TPSA) is 94.6 Å². The van der Waals surface area contributed by atoms with Crippen LogP contribution in [0.25, 0.3) is 16.5 Å². The van der Waals surface area contributed by atoms with Crippen LogP contribution in [0.5, 0.6) is 5.75 Å². The van der Waals surface area contributed by atoms with Crippen LogP contribution in [0.1, 0.15) is 23.6 Å². The number of carbonyl (C=O) groups is 1. The summed E-state index contributed by atoms with van der Waals surface area (Å²) < 4.78 is 10.9. The first-order valence-corrected chi connectivity index (χ1v) is 8.60. The number of anilines is 1. The van der Waals surface area contributed by atoms with E-state index in [1.165, 1.54) is 18.2 Å². The van der Waals surface area contributed by atoms with Crippen molar-refractivity contribution in [1.29, 1.82) is 0 Å². The van der Waals surface area contributed by atoms with Crippen LogP contribution in [0.4, 0.5) is 11.4 Å². The second kappa shape index (κ2) is 7.56. The monoisotopic (exact) mass is 380 g/mol. The summed E-state index contributed by atoms with van der Waals surface area (Å²) >= 11 is 0. The van der Waals surface area contributed by atoms with Gasteiger partial charge in [-0.1, -0.05) is 6.07 Å². The van der Waals surface area contributed by atoms with E-state index in [2.05, 4.69) is 5.32 Å². The number of furan rings is 1. The van der Waals surface area contributed by atoms with Crippen molar-refractivity contribution in [2.24, 2.45) is 0 Å². The first-order chi connectivity index (χ1) is 13.3. The number of nitrogens with zero attached hydrogens (tertiary/aromatic N) is 1. The number of carbonyl (C=O) groups excluding carboxylic acids is 1. The van der Waals surface area contributed by atoms with E-state index in [4.69, 9.17) is 9.15 Å². The zero-order valence-electron chi connectivity index (χ0n) is 16.0. The number of methoxy groups -OCH3 is 1. The summed E-state index contributed by atoms with van der Waals surface area (Å²) in [5.41, 5.74) is 4.22. The molecule has 1 aromatic heterocycles. The molecule has 0 bridgehead atoms. The van der Waals surface area contributed by atoms with Gasteiger partial charge in [-0.25, -0.2) is 0 Å². The Morgan fingerprint density at radius 2 is 1.96 bits per heavy atom. The van der Waals surface area contributed by atoms with E-state index >= 15 is 0 Å². The average molecular weight is 380 g/mol. The highest BCUT2D eigenvalue weighted by molar-refractivity contribution is 6.05.